The van der Waals surface area contributed by atoms with Gasteiger partial charge in [0, 0.05) is 5.69 Å². The van der Waals surface area contributed by atoms with Crippen molar-refractivity contribution in [1.29, 1.82) is 0 Å². The van der Waals surface area contributed by atoms with E-state index in [4.69, 9.17) is 4.74 Å². The maximum absolute atomic E-state index is 12.5. The molecule has 2 saturated carbocycles. The Morgan fingerprint density at radius 1 is 0.867 bits per heavy atom. The third-order valence-electron chi connectivity index (χ3n) is 7.62. The standard InChI is InChI=1S/C27H43NO2/c1-3-5-7-21-8-10-22(11-9-21)12-13-23-14-16-24(17-15-23)27(29)30-26-19-18-25(6-4-2)28-20-26/h18-24H,3-17H2,1-2H3. The number of hydrogen-bond donors (Lipinski definition) is 0. The molecule has 0 aliphatic heterocycles. The van der Waals surface area contributed by atoms with Gasteiger partial charge in [-0.3, -0.25) is 9.78 Å². The molecule has 2 aliphatic carbocycles. The summed E-state index contributed by atoms with van der Waals surface area (Å²) in [6.45, 7) is 4.45. The summed E-state index contributed by atoms with van der Waals surface area (Å²) in [6.07, 6.45) is 21.0. The average molecular weight is 414 g/mol. The number of aryl methyl sites for hydroxylation is 1. The van der Waals surface area contributed by atoms with Crippen LogP contribution in [0.15, 0.2) is 18.3 Å². The first kappa shape index (κ1) is 23.3. The summed E-state index contributed by atoms with van der Waals surface area (Å²) in [7, 11) is 0. The molecule has 1 aromatic rings. The predicted molar refractivity (Wildman–Crippen MR) is 124 cm³/mol. The van der Waals surface area contributed by atoms with Crippen molar-refractivity contribution in [3.8, 4) is 5.75 Å². The highest BCUT2D eigenvalue weighted by atomic mass is 16.5. The Morgan fingerprint density at radius 2 is 1.47 bits per heavy atom. The SMILES string of the molecule is CCCCC1CCC(CCC2CCC(C(=O)Oc3ccc(CCC)nc3)CC2)CC1. The number of pyridine rings is 1. The van der Waals surface area contributed by atoms with Gasteiger partial charge in [0.2, 0.25) is 0 Å². The number of unbranched alkanes of at least 4 members (excludes halogenated alkanes) is 1. The minimum atomic E-state index is -0.0520. The topological polar surface area (TPSA) is 39.2 Å². The van der Waals surface area contributed by atoms with E-state index >= 15 is 0 Å². The van der Waals surface area contributed by atoms with Crippen LogP contribution < -0.4 is 4.74 Å². The lowest BCUT2D eigenvalue weighted by molar-refractivity contribution is -0.140. The molecule has 0 saturated heterocycles. The second kappa shape index (κ2) is 12.5. The Morgan fingerprint density at radius 3 is 2.00 bits per heavy atom. The van der Waals surface area contributed by atoms with Gasteiger partial charge in [0.25, 0.3) is 0 Å². The number of esters is 1. The quantitative estimate of drug-likeness (QED) is 0.372. The molecule has 3 nitrogen and oxygen atoms in total. The molecule has 0 spiro atoms. The highest BCUT2D eigenvalue weighted by molar-refractivity contribution is 5.75. The number of aromatic nitrogens is 1. The first-order valence-electron chi connectivity index (χ1n) is 12.8. The minimum absolute atomic E-state index is 0.0520. The van der Waals surface area contributed by atoms with Gasteiger partial charge in [-0.25, -0.2) is 0 Å². The van der Waals surface area contributed by atoms with Crippen LogP contribution in [0, 0.1) is 23.7 Å². The third-order valence-corrected chi connectivity index (χ3v) is 7.62. The molecule has 30 heavy (non-hydrogen) atoms. The van der Waals surface area contributed by atoms with Gasteiger partial charge in [-0.2, -0.15) is 0 Å². The molecule has 2 aliphatic rings. The number of hydrogen-bond acceptors (Lipinski definition) is 3. The Labute approximate surface area is 184 Å². The van der Waals surface area contributed by atoms with Crippen LogP contribution >= 0.6 is 0 Å². The van der Waals surface area contributed by atoms with Gasteiger partial charge in [-0.05, 0) is 62.0 Å². The van der Waals surface area contributed by atoms with E-state index in [2.05, 4.69) is 18.8 Å². The third kappa shape index (κ3) is 7.39. The van der Waals surface area contributed by atoms with Crippen LogP contribution in [0.2, 0.25) is 0 Å². The van der Waals surface area contributed by atoms with Crippen molar-refractivity contribution < 1.29 is 9.53 Å². The Hall–Kier alpha value is -1.38. The van der Waals surface area contributed by atoms with Gasteiger partial charge in [-0.15, -0.1) is 0 Å². The first-order valence-corrected chi connectivity index (χ1v) is 12.8. The lowest BCUT2D eigenvalue weighted by atomic mass is 9.75. The average Bonchev–Trinajstić information content (AvgIpc) is 2.79. The van der Waals surface area contributed by atoms with Crippen LogP contribution in [0.1, 0.15) is 109 Å². The van der Waals surface area contributed by atoms with Gasteiger partial charge in [0.05, 0.1) is 12.1 Å². The molecule has 0 radical (unpaired) electrons. The molecule has 0 bridgehead atoms. The van der Waals surface area contributed by atoms with E-state index in [0.717, 1.165) is 49.1 Å². The number of ether oxygens (including phenoxy) is 1. The molecule has 3 heteroatoms. The summed E-state index contributed by atoms with van der Waals surface area (Å²) in [5, 5.41) is 0. The molecule has 2 fully saturated rings. The Bertz CT molecular complexity index is 610. The monoisotopic (exact) mass is 413 g/mol. The second-order valence-corrected chi connectivity index (χ2v) is 9.98. The predicted octanol–water partition coefficient (Wildman–Crippen LogP) is 7.52. The highest BCUT2D eigenvalue weighted by Gasteiger charge is 2.29. The Kier molecular flexibility index (Phi) is 9.68. The van der Waals surface area contributed by atoms with Gasteiger partial charge in [-0.1, -0.05) is 78.1 Å². The largest absolute Gasteiger partial charge is 0.425 e. The first-order chi connectivity index (χ1) is 14.7. The van der Waals surface area contributed by atoms with Gasteiger partial charge in [0.1, 0.15) is 5.75 Å². The van der Waals surface area contributed by atoms with Crippen LogP contribution in [-0.4, -0.2) is 11.0 Å². The van der Waals surface area contributed by atoms with Crippen LogP contribution in [0.5, 0.6) is 5.75 Å². The number of carbonyl (C=O) groups is 1. The lowest BCUT2D eigenvalue weighted by Crippen LogP contribution is -2.26. The van der Waals surface area contributed by atoms with Crippen LogP contribution in [-0.2, 0) is 11.2 Å². The molecule has 168 valence electrons. The Balaban J connectivity index is 1.31. The molecule has 0 amide bonds. The summed E-state index contributed by atoms with van der Waals surface area (Å²) in [5.74, 6) is 3.42. The second-order valence-electron chi connectivity index (χ2n) is 9.98. The van der Waals surface area contributed by atoms with Crippen molar-refractivity contribution in [2.75, 3.05) is 0 Å². The molecule has 3 rings (SSSR count). The van der Waals surface area contributed by atoms with Crippen molar-refractivity contribution in [2.24, 2.45) is 23.7 Å². The molecular formula is C27H43NO2. The van der Waals surface area contributed by atoms with E-state index in [1.165, 1.54) is 70.6 Å². The zero-order valence-electron chi connectivity index (χ0n) is 19.4. The van der Waals surface area contributed by atoms with E-state index in [9.17, 15) is 4.79 Å². The van der Waals surface area contributed by atoms with Crippen molar-refractivity contribution in [1.82, 2.24) is 4.98 Å². The highest BCUT2D eigenvalue weighted by Crippen LogP contribution is 2.38. The molecule has 1 heterocycles. The van der Waals surface area contributed by atoms with E-state index in [1.54, 1.807) is 6.20 Å². The number of nitrogens with zero attached hydrogens (tertiary/aromatic N) is 1. The molecule has 0 atom stereocenters. The van der Waals surface area contributed by atoms with Gasteiger partial charge < -0.3 is 4.74 Å². The summed E-state index contributed by atoms with van der Waals surface area (Å²) < 4.78 is 5.61. The maximum atomic E-state index is 12.5. The van der Waals surface area contributed by atoms with E-state index in [-0.39, 0.29) is 11.9 Å². The smallest absolute Gasteiger partial charge is 0.314 e. The normalized spacial score (nSPS) is 27.0. The van der Waals surface area contributed by atoms with Crippen LogP contribution in [0.4, 0.5) is 0 Å². The zero-order valence-corrected chi connectivity index (χ0v) is 19.4. The van der Waals surface area contributed by atoms with E-state index < -0.39 is 0 Å². The minimum Gasteiger partial charge on any atom is -0.425 e. The summed E-state index contributed by atoms with van der Waals surface area (Å²) in [6, 6.07) is 3.86. The van der Waals surface area contributed by atoms with E-state index in [1.807, 2.05) is 12.1 Å². The molecule has 1 aromatic heterocycles. The van der Waals surface area contributed by atoms with E-state index in [0.29, 0.717) is 5.75 Å². The number of carbonyl (C=O) groups excluding carboxylic acids is 1. The fourth-order valence-corrected chi connectivity index (χ4v) is 5.53. The molecule has 0 aromatic carbocycles. The summed E-state index contributed by atoms with van der Waals surface area (Å²) in [5.41, 5.74) is 1.06. The van der Waals surface area contributed by atoms with Gasteiger partial charge in [0.15, 0.2) is 0 Å². The van der Waals surface area contributed by atoms with Crippen LogP contribution in [0.25, 0.3) is 0 Å². The lowest BCUT2D eigenvalue weighted by Gasteiger charge is -2.31. The summed E-state index contributed by atoms with van der Waals surface area (Å²) in [4.78, 5) is 16.9. The summed E-state index contributed by atoms with van der Waals surface area (Å²) >= 11 is 0. The number of rotatable bonds is 10. The molecule has 0 unspecified atom stereocenters. The van der Waals surface area contributed by atoms with Crippen molar-refractivity contribution >= 4 is 5.97 Å². The maximum Gasteiger partial charge on any atom is 0.314 e. The fraction of sp³-hybridized carbons (Fsp3) is 0.778. The van der Waals surface area contributed by atoms with Crippen LogP contribution in [0.3, 0.4) is 0 Å². The van der Waals surface area contributed by atoms with Crippen molar-refractivity contribution in [3.63, 3.8) is 0 Å². The molecule has 0 N–H and O–H groups in total. The fourth-order valence-electron chi connectivity index (χ4n) is 5.53. The van der Waals surface area contributed by atoms with Gasteiger partial charge >= 0.3 is 5.97 Å². The van der Waals surface area contributed by atoms with Crippen molar-refractivity contribution in [3.05, 3.63) is 24.0 Å². The van der Waals surface area contributed by atoms with Crippen molar-refractivity contribution in [2.45, 2.75) is 110 Å². The molecular weight excluding hydrogens is 370 g/mol. The zero-order chi connectivity index (χ0) is 21.2.